The van der Waals surface area contributed by atoms with Gasteiger partial charge in [-0.1, -0.05) is 0 Å². The van der Waals surface area contributed by atoms with Crippen LogP contribution < -0.4 is 0 Å². The van der Waals surface area contributed by atoms with Crippen LogP contribution in [0.4, 0.5) is 0 Å². The molecule has 1 rings (SSSR count). The topological polar surface area (TPSA) is 65.1 Å². The van der Waals surface area contributed by atoms with E-state index in [1.807, 2.05) is 6.92 Å². The first-order valence-electron chi connectivity index (χ1n) is 6.27. The van der Waals surface area contributed by atoms with E-state index in [-0.39, 0.29) is 36.9 Å². The van der Waals surface area contributed by atoms with Crippen LogP contribution in [0.3, 0.4) is 0 Å². The lowest BCUT2D eigenvalue weighted by Gasteiger charge is -2.24. The summed E-state index contributed by atoms with van der Waals surface area (Å²) >= 11 is 0. The first-order valence-corrected chi connectivity index (χ1v) is 6.27. The second kappa shape index (κ2) is 7.37. The highest BCUT2D eigenvalue weighted by molar-refractivity contribution is 6.13. The SMILES string of the molecule is COC(C)OCC(C)OCC(C)N1C(=O)C=CC1=O. The van der Waals surface area contributed by atoms with Crippen molar-refractivity contribution in [2.75, 3.05) is 20.3 Å². The summed E-state index contributed by atoms with van der Waals surface area (Å²) in [6, 6.07) is -0.294. The molecule has 0 aromatic heterocycles. The zero-order valence-electron chi connectivity index (χ0n) is 11.8. The quantitative estimate of drug-likeness (QED) is 0.480. The predicted octanol–water partition coefficient (Wildman–Crippen LogP) is 0.714. The summed E-state index contributed by atoms with van der Waals surface area (Å²) in [6.07, 6.45) is 2.12. The van der Waals surface area contributed by atoms with Crippen LogP contribution in [-0.4, -0.2) is 55.5 Å². The Morgan fingerprint density at radius 3 is 2.16 bits per heavy atom. The molecule has 1 heterocycles. The number of hydrogen-bond donors (Lipinski definition) is 0. The van der Waals surface area contributed by atoms with Gasteiger partial charge in [0.15, 0.2) is 6.29 Å². The first-order chi connectivity index (χ1) is 8.95. The molecular weight excluding hydrogens is 250 g/mol. The van der Waals surface area contributed by atoms with E-state index in [1.54, 1.807) is 21.0 Å². The van der Waals surface area contributed by atoms with Crippen LogP contribution >= 0.6 is 0 Å². The molecule has 0 aromatic carbocycles. The van der Waals surface area contributed by atoms with E-state index >= 15 is 0 Å². The van der Waals surface area contributed by atoms with Gasteiger partial charge in [0.1, 0.15) is 0 Å². The van der Waals surface area contributed by atoms with Gasteiger partial charge in [0.05, 0.1) is 25.4 Å². The summed E-state index contributed by atoms with van der Waals surface area (Å²) in [7, 11) is 1.57. The van der Waals surface area contributed by atoms with Crippen molar-refractivity contribution in [1.29, 1.82) is 0 Å². The Kier molecular flexibility index (Phi) is 6.14. The highest BCUT2D eigenvalue weighted by Crippen LogP contribution is 2.10. The molecule has 0 radical (unpaired) electrons. The Morgan fingerprint density at radius 2 is 1.63 bits per heavy atom. The number of hydrogen-bond acceptors (Lipinski definition) is 5. The van der Waals surface area contributed by atoms with E-state index in [1.165, 1.54) is 17.1 Å². The monoisotopic (exact) mass is 271 g/mol. The number of amides is 2. The van der Waals surface area contributed by atoms with Crippen LogP contribution in [0.1, 0.15) is 20.8 Å². The summed E-state index contributed by atoms with van der Waals surface area (Å²) in [5.74, 6) is -0.587. The third-order valence-electron chi connectivity index (χ3n) is 2.80. The number of methoxy groups -OCH3 is 1. The van der Waals surface area contributed by atoms with Crippen molar-refractivity contribution in [3.8, 4) is 0 Å². The molecule has 1 aliphatic rings. The van der Waals surface area contributed by atoms with Crippen molar-refractivity contribution in [2.45, 2.75) is 39.2 Å². The van der Waals surface area contributed by atoms with Gasteiger partial charge in [0, 0.05) is 19.3 Å². The second-order valence-electron chi connectivity index (χ2n) is 4.51. The maximum atomic E-state index is 11.4. The maximum absolute atomic E-state index is 11.4. The zero-order chi connectivity index (χ0) is 14.4. The molecule has 0 fully saturated rings. The Balaban J connectivity index is 2.28. The van der Waals surface area contributed by atoms with Gasteiger partial charge in [-0.05, 0) is 20.8 Å². The van der Waals surface area contributed by atoms with Gasteiger partial charge in [-0.15, -0.1) is 0 Å². The van der Waals surface area contributed by atoms with Gasteiger partial charge < -0.3 is 14.2 Å². The molecule has 0 saturated heterocycles. The Hall–Kier alpha value is -1.24. The normalized spacial score (nSPS) is 19.9. The lowest BCUT2D eigenvalue weighted by molar-refractivity contribution is -0.146. The van der Waals surface area contributed by atoms with Crippen molar-refractivity contribution in [1.82, 2.24) is 4.90 Å². The standard InChI is InChI=1S/C13H21NO5/c1-9(14-12(15)5-6-13(14)16)7-18-10(2)8-19-11(3)17-4/h5-6,9-11H,7-8H2,1-4H3. The third-order valence-corrected chi connectivity index (χ3v) is 2.80. The minimum atomic E-state index is -0.294. The van der Waals surface area contributed by atoms with Gasteiger partial charge in [-0.25, -0.2) is 0 Å². The van der Waals surface area contributed by atoms with Crippen LogP contribution in [0, 0.1) is 0 Å². The van der Waals surface area contributed by atoms with Crippen molar-refractivity contribution < 1.29 is 23.8 Å². The van der Waals surface area contributed by atoms with E-state index < -0.39 is 0 Å². The Labute approximate surface area is 113 Å². The Morgan fingerprint density at radius 1 is 1.05 bits per heavy atom. The highest BCUT2D eigenvalue weighted by atomic mass is 16.7. The summed E-state index contributed by atoms with van der Waals surface area (Å²) in [5.41, 5.74) is 0. The largest absolute Gasteiger partial charge is 0.374 e. The number of nitrogens with zero attached hydrogens (tertiary/aromatic N) is 1. The molecule has 0 saturated carbocycles. The lowest BCUT2D eigenvalue weighted by Crippen LogP contribution is -2.41. The molecule has 1 aliphatic heterocycles. The van der Waals surface area contributed by atoms with Crippen LogP contribution in [0.25, 0.3) is 0 Å². The fraction of sp³-hybridized carbons (Fsp3) is 0.692. The van der Waals surface area contributed by atoms with E-state index in [4.69, 9.17) is 14.2 Å². The molecule has 19 heavy (non-hydrogen) atoms. The fourth-order valence-corrected chi connectivity index (χ4v) is 1.61. The van der Waals surface area contributed by atoms with Gasteiger partial charge in [-0.2, -0.15) is 0 Å². The number of carbonyl (C=O) groups is 2. The van der Waals surface area contributed by atoms with Gasteiger partial charge in [0.25, 0.3) is 11.8 Å². The van der Waals surface area contributed by atoms with E-state index in [0.717, 1.165) is 0 Å². The van der Waals surface area contributed by atoms with E-state index in [0.29, 0.717) is 6.61 Å². The minimum absolute atomic E-state index is 0.138. The van der Waals surface area contributed by atoms with Crippen molar-refractivity contribution in [3.05, 3.63) is 12.2 Å². The second-order valence-corrected chi connectivity index (χ2v) is 4.51. The average molecular weight is 271 g/mol. The summed E-state index contributed by atoms with van der Waals surface area (Å²) in [6.45, 7) is 6.10. The molecular formula is C13H21NO5. The molecule has 0 bridgehead atoms. The molecule has 3 atom stereocenters. The molecule has 0 N–H and O–H groups in total. The average Bonchev–Trinajstić information content (AvgIpc) is 2.72. The number of rotatable bonds is 8. The third kappa shape index (κ3) is 4.74. The molecule has 6 nitrogen and oxygen atoms in total. The first kappa shape index (κ1) is 15.8. The molecule has 0 aliphatic carbocycles. The highest BCUT2D eigenvalue weighted by Gasteiger charge is 2.28. The summed E-state index contributed by atoms with van der Waals surface area (Å²) in [5, 5.41) is 0. The van der Waals surface area contributed by atoms with Gasteiger partial charge in [-0.3, -0.25) is 14.5 Å². The molecule has 0 spiro atoms. The number of imide groups is 1. The number of carbonyl (C=O) groups excluding carboxylic acids is 2. The molecule has 0 aromatic rings. The maximum Gasteiger partial charge on any atom is 0.253 e. The summed E-state index contributed by atoms with van der Waals surface area (Å²) in [4.78, 5) is 24.1. The van der Waals surface area contributed by atoms with E-state index in [2.05, 4.69) is 0 Å². The van der Waals surface area contributed by atoms with Gasteiger partial charge >= 0.3 is 0 Å². The van der Waals surface area contributed by atoms with Crippen molar-refractivity contribution >= 4 is 11.8 Å². The van der Waals surface area contributed by atoms with Gasteiger partial charge in [0.2, 0.25) is 0 Å². The zero-order valence-corrected chi connectivity index (χ0v) is 11.8. The number of ether oxygens (including phenoxy) is 3. The van der Waals surface area contributed by atoms with Crippen molar-refractivity contribution in [3.63, 3.8) is 0 Å². The minimum Gasteiger partial charge on any atom is -0.374 e. The molecule has 108 valence electrons. The smallest absolute Gasteiger partial charge is 0.253 e. The summed E-state index contributed by atoms with van der Waals surface area (Å²) < 4.78 is 15.9. The van der Waals surface area contributed by atoms with Crippen LogP contribution in [0.2, 0.25) is 0 Å². The van der Waals surface area contributed by atoms with Crippen molar-refractivity contribution in [2.24, 2.45) is 0 Å². The fourth-order valence-electron chi connectivity index (χ4n) is 1.61. The molecule has 3 unspecified atom stereocenters. The molecule has 2 amide bonds. The van der Waals surface area contributed by atoms with Crippen LogP contribution in [-0.2, 0) is 23.8 Å². The van der Waals surface area contributed by atoms with Crippen LogP contribution in [0.5, 0.6) is 0 Å². The molecule has 6 heteroatoms. The van der Waals surface area contributed by atoms with E-state index in [9.17, 15) is 9.59 Å². The van der Waals surface area contributed by atoms with Crippen LogP contribution in [0.15, 0.2) is 12.2 Å². The lowest BCUT2D eigenvalue weighted by atomic mass is 10.3. The Bertz CT molecular complexity index is 337. The predicted molar refractivity (Wildman–Crippen MR) is 68.3 cm³/mol.